The van der Waals surface area contributed by atoms with Gasteiger partial charge in [0.25, 0.3) is 0 Å². The van der Waals surface area contributed by atoms with E-state index in [0.717, 1.165) is 11.8 Å². The topological polar surface area (TPSA) is 6.48 Å². The highest BCUT2D eigenvalue weighted by atomic mass is 15.2. The molecule has 18 heavy (non-hydrogen) atoms. The predicted molar refractivity (Wildman–Crippen MR) is 81.0 cm³/mol. The van der Waals surface area contributed by atoms with Crippen LogP contribution in [0.25, 0.3) is 0 Å². The zero-order valence-electron chi connectivity index (χ0n) is 13.1. The van der Waals surface area contributed by atoms with Crippen LogP contribution < -0.4 is 0 Å². The van der Waals surface area contributed by atoms with Gasteiger partial charge in [-0.05, 0) is 63.7 Å². The first-order valence-electron chi connectivity index (χ1n) is 8.10. The molecule has 0 unspecified atom stereocenters. The molecule has 2 fully saturated rings. The normalized spacial score (nSPS) is 23.3. The molecule has 0 aromatic carbocycles. The number of piperidine rings is 1. The molecule has 2 aliphatic heterocycles. The fourth-order valence-electron chi connectivity index (χ4n) is 2.93. The molecule has 2 aliphatic rings. The molecular weight excluding hydrogens is 220 g/mol. The first kappa shape index (κ1) is 16.0. The lowest BCUT2D eigenvalue weighted by molar-refractivity contribution is 0.113. The van der Waals surface area contributed by atoms with Crippen molar-refractivity contribution in [1.29, 1.82) is 0 Å². The van der Waals surface area contributed by atoms with Gasteiger partial charge in [-0.1, -0.05) is 27.7 Å². The number of likely N-dealkylation sites (tertiary alicyclic amines) is 2. The van der Waals surface area contributed by atoms with Crippen LogP contribution in [0.1, 0.15) is 53.4 Å². The highest BCUT2D eigenvalue weighted by Gasteiger charge is 2.20. The molecule has 0 bridgehead atoms. The molecule has 0 radical (unpaired) electrons. The maximum atomic E-state index is 2.58. The van der Waals surface area contributed by atoms with Crippen LogP contribution in [-0.4, -0.2) is 49.1 Å². The van der Waals surface area contributed by atoms with Crippen molar-refractivity contribution < 1.29 is 0 Å². The van der Waals surface area contributed by atoms with Gasteiger partial charge in [-0.25, -0.2) is 0 Å². The average molecular weight is 254 g/mol. The predicted octanol–water partition coefficient (Wildman–Crippen LogP) is 3.48. The van der Waals surface area contributed by atoms with E-state index in [1.807, 2.05) is 0 Å². The molecule has 0 aromatic rings. The second-order valence-corrected chi connectivity index (χ2v) is 6.39. The van der Waals surface area contributed by atoms with Crippen molar-refractivity contribution >= 4 is 0 Å². The molecule has 2 rings (SSSR count). The second-order valence-electron chi connectivity index (χ2n) is 6.39. The van der Waals surface area contributed by atoms with Crippen LogP contribution in [0.3, 0.4) is 0 Å². The lowest BCUT2D eigenvalue weighted by Crippen LogP contribution is -2.45. The van der Waals surface area contributed by atoms with Crippen LogP contribution in [0.2, 0.25) is 0 Å². The SMILES string of the molecule is CCCN1CC(C)C1.CCCN1CCC(C)CC1. The lowest BCUT2D eigenvalue weighted by Gasteiger charge is -2.36. The molecule has 0 aromatic heterocycles. The Bertz CT molecular complexity index is 189. The lowest BCUT2D eigenvalue weighted by atomic mass is 9.99. The van der Waals surface area contributed by atoms with Gasteiger partial charge in [-0.15, -0.1) is 0 Å². The Labute approximate surface area is 115 Å². The van der Waals surface area contributed by atoms with Gasteiger partial charge in [0.1, 0.15) is 0 Å². The Balaban J connectivity index is 0.000000184. The van der Waals surface area contributed by atoms with Crippen LogP contribution >= 0.6 is 0 Å². The number of nitrogens with zero attached hydrogens (tertiary/aromatic N) is 2. The van der Waals surface area contributed by atoms with Crippen molar-refractivity contribution in [2.75, 3.05) is 39.3 Å². The van der Waals surface area contributed by atoms with Crippen LogP contribution in [0.5, 0.6) is 0 Å². The summed E-state index contributed by atoms with van der Waals surface area (Å²) in [5.41, 5.74) is 0. The maximum Gasteiger partial charge on any atom is 0.00194 e. The minimum absolute atomic E-state index is 0.974. The van der Waals surface area contributed by atoms with Crippen molar-refractivity contribution in [3.8, 4) is 0 Å². The molecule has 0 atom stereocenters. The molecule has 2 heterocycles. The monoisotopic (exact) mass is 254 g/mol. The zero-order valence-corrected chi connectivity index (χ0v) is 13.1. The van der Waals surface area contributed by atoms with E-state index >= 15 is 0 Å². The number of rotatable bonds is 4. The Morgan fingerprint density at radius 2 is 1.28 bits per heavy atom. The molecule has 2 nitrogen and oxygen atoms in total. The van der Waals surface area contributed by atoms with Crippen LogP contribution in [0.4, 0.5) is 0 Å². The van der Waals surface area contributed by atoms with Gasteiger partial charge in [-0.3, -0.25) is 0 Å². The summed E-state index contributed by atoms with van der Waals surface area (Å²) in [7, 11) is 0. The molecule has 2 saturated heterocycles. The first-order chi connectivity index (χ1) is 8.65. The van der Waals surface area contributed by atoms with E-state index in [2.05, 4.69) is 37.5 Å². The summed E-state index contributed by atoms with van der Waals surface area (Å²) < 4.78 is 0. The highest BCUT2D eigenvalue weighted by Crippen LogP contribution is 2.15. The van der Waals surface area contributed by atoms with Crippen molar-refractivity contribution in [2.24, 2.45) is 11.8 Å². The Morgan fingerprint density at radius 1 is 0.778 bits per heavy atom. The third-order valence-corrected chi connectivity index (χ3v) is 4.10. The summed E-state index contributed by atoms with van der Waals surface area (Å²) in [6.45, 7) is 17.2. The van der Waals surface area contributed by atoms with Crippen molar-refractivity contribution in [2.45, 2.75) is 53.4 Å². The molecular formula is C16H34N2. The Kier molecular flexibility index (Phi) is 7.92. The van der Waals surface area contributed by atoms with Crippen LogP contribution in [0, 0.1) is 11.8 Å². The van der Waals surface area contributed by atoms with Gasteiger partial charge in [-0.2, -0.15) is 0 Å². The summed E-state index contributed by atoms with van der Waals surface area (Å²) in [5.74, 6) is 1.95. The molecule has 0 N–H and O–H groups in total. The summed E-state index contributed by atoms with van der Waals surface area (Å²) in [6.07, 6.45) is 5.46. The fraction of sp³-hybridized carbons (Fsp3) is 1.00. The van der Waals surface area contributed by atoms with Gasteiger partial charge >= 0.3 is 0 Å². The quantitative estimate of drug-likeness (QED) is 0.758. The largest absolute Gasteiger partial charge is 0.303 e. The molecule has 0 saturated carbocycles. The highest BCUT2D eigenvalue weighted by molar-refractivity contribution is 4.74. The Hall–Kier alpha value is -0.0800. The molecule has 108 valence electrons. The molecule has 2 heteroatoms. The minimum Gasteiger partial charge on any atom is -0.303 e. The summed E-state index contributed by atoms with van der Waals surface area (Å²) in [5, 5.41) is 0. The first-order valence-corrected chi connectivity index (χ1v) is 8.10. The van der Waals surface area contributed by atoms with E-state index in [9.17, 15) is 0 Å². The van der Waals surface area contributed by atoms with Gasteiger partial charge in [0.2, 0.25) is 0 Å². The maximum absolute atomic E-state index is 2.58. The molecule has 0 aliphatic carbocycles. The van der Waals surface area contributed by atoms with E-state index in [1.165, 1.54) is 65.0 Å². The fourth-order valence-corrected chi connectivity index (χ4v) is 2.93. The second kappa shape index (κ2) is 8.92. The van der Waals surface area contributed by atoms with Gasteiger partial charge in [0, 0.05) is 13.1 Å². The van der Waals surface area contributed by atoms with E-state index in [-0.39, 0.29) is 0 Å². The number of hydrogen-bond acceptors (Lipinski definition) is 2. The van der Waals surface area contributed by atoms with Crippen LogP contribution in [0.15, 0.2) is 0 Å². The number of hydrogen-bond donors (Lipinski definition) is 0. The van der Waals surface area contributed by atoms with E-state index in [0.29, 0.717) is 0 Å². The summed E-state index contributed by atoms with van der Waals surface area (Å²) in [4.78, 5) is 5.09. The average Bonchev–Trinajstić information content (AvgIpc) is 2.32. The third kappa shape index (κ3) is 6.19. The van der Waals surface area contributed by atoms with E-state index in [1.54, 1.807) is 0 Å². The van der Waals surface area contributed by atoms with Gasteiger partial charge < -0.3 is 9.80 Å². The van der Waals surface area contributed by atoms with Crippen molar-refractivity contribution in [1.82, 2.24) is 9.80 Å². The van der Waals surface area contributed by atoms with Gasteiger partial charge in [0.15, 0.2) is 0 Å². The van der Waals surface area contributed by atoms with E-state index < -0.39 is 0 Å². The molecule has 0 spiro atoms. The smallest absolute Gasteiger partial charge is 0.00194 e. The summed E-state index contributed by atoms with van der Waals surface area (Å²) >= 11 is 0. The van der Waals surface area contributed by atoms with Crippen LogP contribution in [-0.2, 0) is 0 Å². The minimum atomic E-state index is 0.974. The summed E-state index contributed by atoms with van der Waals surface area (Å²) in [6, 6.07) is 0. The van der Waals surface area contributed by atoms with Crippen molar-refractivity contribution in [3.05, 3.63) is 0 Å². The van der Waals surface area contributed by atoms with Crippen molar-refractivity contribution in [3.63, 3.8) is 0 Å². The van der Waals surface area contributed by atoms with Gasteiger partial charge in [0.05, 0.1) is 0 Å². The molecule has 0 amide bonds. The Morgan fingerprint density at radius 3 is 1.72 bits per heavy atom. The standard InChI is InChI=1S/C9H19N.C7H15N/c1-3-6-10-7-4-9(2)5-8-10;1-3-4-8-5-7(2)6-8/h9H,3-8H2,1-2H3;7H,3-6H2,1-2H3. The zero-order chi connectivity index (χ0) is 13.4. The van der Waals surface area contributed by atoms with E-state index in [4.69, 9.17) is 0 Å². The third-order valence-electron chi connectivity index (χ3n) is 4.10.